The van der Waals surface area contributed by atoms with Gasteiger partial charge in [0.1, 0.15) is 6.04 Å². The summed E-state index contributed by atoms with van der Waals surface area (Å²) in [6.45, 7) is 1.70. The summed E-state index contributed by atoms with van der Waals surface area (Å²) < 4.78 is 31.7. The van der Waals surface area contributed by atoms with E-state index in [1.54, 1.807) is 12.1 Å². The molecule has 1 aromatic rings. The van der Waals surface area contributed by atoms with Crippen molar-refractivity contribution in [3.63, 3.8) is 0 Å². The number of carbonyl (C=O) groups is 2. The molecule has 0 aromatic heterocycles. The number of halogens is 1. The van der Waals surface area contributed by atoms with Gasteiger partial charge >= 0.3 is 0 Å². The van der Waals surface area contributed by atoms with Crippen LogP contribution in [0.2, 0.25) is 0 Å². The predicted octanol–water partition coefficient (Wildman–Crippen LogP) is -0.844. The number of nitrogens with one attached hydrogen (secondary N) is 3. The van der Waals surface area contributed by atoms with E-state index in [4.69, 9.17) is 4.74 Å². The zero-order chi connectivity index (χ0) is 17.9. The number of hydrogen-bond acceptors (Lipinski definition) is 6. The van der Waals surface area contributed by atoms with Gasteiger partial charge in [-0.3, -0.25) is 9.59 Å². The maximum absolute atomic E-state index is 12.7. The van der Waals surface area contributed by atoms with E-state index >= 15 is 0 Å². The summed E-state index contributed by atoms with van der Waals surface area (Å²) in [7, 11) is -3.80. The van der Waals surface area contributed by atoms with Crippen molar-refractivity contribution in [1.29, 1.82) is 0 Å². The minimum Gasteiger partial charge on any atom is -0.378 e. The summed E-state index contributed by atoms with van der Waals surface area (Å²) in [5, 5.41) is 8.31. The van der Waals surface area contributed by atoms with Gasteiger partial charge in [0.25, 0.3) is 0 Å². The molecule has 3 rings (SSSR count). The number of hydrogen-bond donors (Lipinski definition) is 3. The molecule has 2 aliphatic heterocycles. The Kier molecular flexibility index (Phi) is 6.95. The highest BCUT2D eigenvalue weighted by Gasteiger charge is 2.29. The summed E-state index contributed by atoms with van der Waals surface area (Å²) in [5.41, 5.74) is 0.375. The first-order valence-electron chi connectivity index (χ1n) is 7.96. The van der Waals surface area contributed by atoms with E-state index < -0.39 is 16.1 Å². The number of carbonyl (C=O) groups excluding carboxylic acids is 2. The number of benzene rings is 1. The first-order valence-corrected chi connectivity index (χ1v) is 9.40. The van der Waals surface area contributed by atoms with Crippen LogP contribution in [-0.2, 0) is 24.3 Å². The summed E-state index contributed by atoms with van der Waals surface area (Å²) in [5.74, 6) is -0.616. The van der Waals surface area contributed by atoms with E-state index in [1.165, 1.54) is 12.1 Å². The predicted molar refractivity (Wildman–Crippen MR) is 96.7 cm³/mol. The Labute approximate surface area is 157 Å². The Balaban J connectivity index is 0.00000243. The Morgan fingerprint density at radius 2 is 2.12 bits per heavy atom. The van der Waals surface area contributed by atoms with Crippen molar-refractivity contribution >= 4 is 39.9 Å². The van der Waals surface area contributed by atoms with Gasteiger partial charge in [-0.2, -0.15) is 4.31 Å². The van der Waals surface area contributed by atoms with Crippen LogP contribution in [0.5, 0.6) is 0 Å². The number of anilines is 1. The first-order chi connectivity index (χ1) is 12.0. The van der Waals surface area contributed by atoms with Crippen LogP contribution in [0.1, 0.15) is 0 Å². The van der Waals surface area contributed by atoms with Crippen LogP contribution in [0, 0.1) is 0 Å². The number of ether oxygens (including phenoxy) is 1. The third-order valence-corrected chi connectivity index (χ3v) is 5.82. The molecule has 2 amide bonds. The highest BCUT2D eigenvalue weighted by Crippen LogP contribution is 2.20. The molecule has 2 heterocycles. The lowest BCUT2D eigenvalue weighted by molar-refractivity contribution is -0.122. The van der Waals surface area contributed by atoms with Crippen molar-refractivity contribution in [2.24, 2.45) is 0 Å². The average Bonchev–Trinajstić information content (AvgIpc) is 2.62. The number of sulfonamides is 1. The Bertz CT molecular complexity index is 767. The molecule has 2 aliphatic rings. The lowest BCUT2D eigenvalue weighted by Gasteiger charge is -2.26. The van der Waals surface area contributed by atoms with Crippen LogP contribution in [0.15, 0.2) is 29.2 Å². The van der Waals surface area contributed by atoms with Crippen molar-refractivity contribution in [3.8, 4) is 0 Å². The fraction of sp³-hybridized carbons (Fsp3) is 0.467. The van der Waals surface area contributed by atoms with Gasteiger partial charge in [-0.15, -0.1) is 12.4 Å². The SMILES string of the molecule is Cl.O=C1CN(S(=O)(=O)c2cccc(NC(=O)C3COCCN3)c2)CCN1. The van der Waals surface area contributed by atoms with Gasteiger partial charge in [-0.25, -0.2) is 8.42 Å². The minimum absolute atomic E-state index is 0. The molecule has 1 aromatic carbocycles. The molecule has 26 heavy (non-hydrogen) atoms. The molecule has 0 saturated carbocycles. The second kappa shape index (κ2) is 8.78. The number of rotatable bonds is 4. The van der Waals surface area contributed by atoms with Gasteiger partial charge < -0.3 is 20.7 Å². The minimum atomic E-state index is -3.80. The molecule has 11 heteroatoms. The maximum atomic E-state index is 12.7. The van der Waals surface area contributed by atoms with Crippen LogP contribution >= 0.6 is 12.4 Å². The van der Waals surface area contributed by atoms with E-state index in [-0.39, 0.29) is 55.4 Å². The van der Waals surface area contributed by atoms with Crippen LogP contribution < -0.4 is 16.0 Å². The normalized spacial score (nSPS) is 21.4. The van der Waals surface area contributed by atoms with Gasteiger partial charge in [0.2, 0.25) is 21.8 Å². The summed E-state index contributed by atoms with van der Waals surface area (Å²) >= 11 is 0. The van der Waals surface area contributed by atoms with Gasteiger partial charge in [-0.05, 0) is 18.2 Å². The number of amides is 2. The molecule has 2 saturated heterocycles. The Morgan fingerprint density at radius 1 is 1.31 bits per heavy atom. The van der Waals surface area contributed by atoms with Gasteiger partial charge in [-0.1, -0.05) is 6.07 Å². The molecule has 144 valence electrons. The van der Waals surface area contributed by atoms with Crippen molar-refractivity contribution in [3.05, 3.63) is 24.3 Å². The van der Waals surface area contributed by atoms with E-state index in [2.05, 4.69) is 16.0 Å². The van der Waals surface area contributed by atoms with Gasteiger partial charge in [0.05, 0.1) is 24.7 Å². The van der Waals surface area contributed by atoms with E-state index in [1.807, 2.05) is 0 Å². The summed E-state index contributed by atoms with van der Waals surface area (Å²) in [6.07, 6.45) is 0. The molecule has 3 N–H and O–H groups in total. The number of nitrogens with zero attached hydrogens (tertiary/aromatic N) is 1. The Hall–Kier alpha value is -1.72. The molecule has 1 atom stereocenters. The van der Waals surface area contributed by atoms with E-state index in [0.29, 0.717) is 18.8 Å². The van der Waals surface area contributed by atoms with Crippen LogP contribution in [0.25, 0.3) is 0 Å². The van der Waals surface area contributed by atoms with Crippen LogP contribution in [0.4, 0.5) is 5.69 Å². The lowest BCUT2D eigenvalue weighted by atomic mass is 10.2. The quantitative estimate of drug-likeness (QED) is 0.602. The first kappa shape index (κ1) is 20.6. The standard InChI is InChI=1S/C15H20N4O5S.ClH/c20-14-9-19(6-4-17-14)25(22,23)12-3-1-2-11(8-12)18-15(21)13-10-24-7-5-16-13;/h1-3,8,13,16H,4-7,9-10H2,(H,17,20)(H,18,21);1H. The maximum Gasteiger partial charge on any atom is 0.243 e. The highest BCUT2D eigenvalue weighted by atomic mass is 35.5. The monoisotopic (exact) mass is 404 g/mol. The highest BCUT2D eigenvalue weighted by molar-refractivity contribution is 7.89. The topological polar surface area (TPSA) is 117 Å². The summed E-state index contributed by atoms with van der Waals surface area (Å²) in [4.78, 5) is 23.7. The third-order valence-electron chi connectivity index (χ3n) is 3.98. The molecule has 0 bridgehead atoms. The second-order valence-corrected chi connectivity index (χ2v) is 7.73. The molecule has 2 fully saturated rings. The lowest BCUT2D eigenvalue weighted by Crippen LogP contribution is -2.49. The smallest absolute Gasteiger partial charge is 0.243 e. The molecular formula is C15H21ClN4O5S. The number of piperazine rings is 1. The van der Waals surface area contributed by atoms with Crippen LogP contribution in [-0.4, -0.2) is 70.0 Å². The van der Waals surface area contributed by atoms with Crippen molar-refractivity contribution in [1.82, 2.24) is 14.9 Å². The molecule has 1 unspecified atom stereocenters. The molecule has 0 aliphatic carbocycles. The largest absolute Gasteiger partial charge is 0.378 e. The van der Waals surface area contributed by atoms with Crippen molar-refractivity contribution < 1.29 is 22.7 Å². The molecule has 0 radical (unpaired) electrons. The van der Waals surface area contributed by atoms with E-state index in [9.17, 15) is 18.0 Å². The molecular weight excluding hydrogens is 384 g/mol. The zero-order valence-corrected chi connectivity index (χ0v) is 15.6. The Morgan fingerprint density at radius 3 is 2.81 bits per heavy atom. The van der Waals surface area contributed by atoms with Gasteiger partial charge in [0.15, 0.2) is 0 Å². The van der Waals surface area contributed by atoms with Crippen LogP contribution in [0.3, 0.4) is 0 Å². The second-order valence-electron chi connectivity index (χ2n) is 5.79. The van der Waals surface area contributed by atoms with Gasteiger partial charge in [0, 0.05) is 25.3 Å². The summed E-state index contributed by atoms with van der Waals surface area (Å²) in [6, 6.07) is 5.53. The van der Waals surface area contributed by atoms with E-state index in [0.717, 1.165) is 4.31 Å². The fourth-order valence-electron chi connectivity index (χ4n) is 2.67. The fourth-order valence-corrected chi connectivity index (χ4v) is 4.11. The molecule has 9 nitrogen and oxygen atoms in total. The molecule has 0 spiro atoms. The average molecular weight is 405 g/mol. The third kappa shape index (κ3) is 4.71. The zero-order valence-electron chi connectivity index (χ0n) is 13.9. The van der Waals surface area contributed by atoms with Crippen molar-refractivity contribution in [2.45, 2.75) is 10.9 Å². The number of morpholine rings is 1. The van der Waals surface area contributed by atoms with Crippen molar-refractivity contribution in [2.75, 3.05) is 44.7 Å².